The maximum absolute atomic E-state index is 4.04. The summed E-state index contributed by atoms with van der Waals surface area (Å²) in [4.78, 5) is 0. The summed E-state index contributed by atoms with van der Waals surface area (Å²) in [7, 11) is 0. The fraction of sp³-hybridized carbons (Fsp3) is 0.500. The van der Waals surface area contributed by atoms with Gasteiger partial charge in [0.2, 0.25) is 0 Å². The predicted molar refractivity (Wildman–Crippen MR) is 71.1 cm³/mol. The number of nitrogens with zero attached hydrogens (tertiary/aromatic N) is 1. The highest BCUT2D eigenvalue weighted by molar-refractivity contribution is 5.81. The van der Waals surface area contributed by atoms with Crippen molar-refractivity contribution in [2.75, 3.05) is 5.32 Å². The van der Waals surface area contributed by atoms with Gasteiger partial charge in [0, 0.05) is 17.1 Å². The summed E-state index contributed by atoms with van der Waals surface area (Å²) in [6.45, 7) is 2.27. The summed E-state index contributed by atoms with van der Waals surface area (Å²) >= 11 is 0. The molecule has 1 aliphatic carbocycles. The Morgan fingerprint density at radius 2 is 2.35 bits per heavy atom. The summed E-state index contributed by atoms with van der Waals surface area (Å²) in [5, 5.41) is 11.7. The van der Waals surface area contributed by atoms with Gasteiger partial charge < -0.3 is 5.32 Å². The number of hydrogen-bond acceptors (Lipinski definition) is 2. The fourth-order valence-corrected chi connectivity index (χ4v) is 2.28. The number of anilines is 1. The van der Waals surface area contributed by atoms with Crippen LogP contribution in [0.2, 0.25) is 0 Å². The number of fused-ring (bicyclic) bond motifs is 1. The molecule has 2 N–H and O–H groups in total. The summed E-state index contributed by atoms with van der Waals surface area (Å²) in [5.41, 5.74) is 2.29. The Bertz CT molecular complexity index is 499. The van der Waals surface area contributed by atoms with E-state index in [1.165, 1.54) is 36.8 Å². The Hall–Kier alpha value is -1.51. The predicted octanol–water partition coefficient (Wildman–Crippen LogP) is 3.55. The number of H-pyrrole nitrogens is 1. The second-order valence-corrected chi connectivity index (χ2v) is 5.24. The molecule has 1 fully saturated rings. The van der Waals surface area contributed by atoms with Gasteiger partial charge in [-0.05, 0) is 43.9 Å². The van der Waals surface area contributed by atoms with Crippen molar-refractivity contribution in [3.63, 3.8) is 0 Å². The number of hydrogen-bond donors (Lipinski definition) is 2. The average molecular weight is 229 g/mol. The molecule has 1 atom stereocenters. The number of aromatic nitrogens is 2. The molecule has 1 heterocycles. The first-order valence-electron chi connectivity index (χ1n) is 6.51. The van der Waals surface area contributed by atoms with Crippen LogP contribution in [-0.2, 0) is 0 Å². The van der Waals surface area contributed by atoms with Crippen molar-refractivity contribution >= 4 is 16.6 Å². The van der Waals surface area contributed by atoms with Crippen LogP contribution >= 0.6 is 0 Å². The van der Waals surface area contributed by atoms with Crippen molar-refractivity contribution in [3.05, 3.63) is 24.4 Å². The van der Waals surface area contributed by atoms with E-state index < -0.39 is 0 Å². The monoisotopic (exact) mass is 229 g/mol. The smallest absolute Gasteiger partial charge is 0.0651 e. The van der Waals surface area contributed by atoms with Crippen molar-refractivity contribution in [3.8, 4) is 0 Å². The van der Waals surface area contributed by atoms with Crippen LogP contribution in [0.3, 0.4) is 0 Å². The second-order valence-electron chi connectivity index (χ2n) is 5.24. The normalized spacial score (nSPS) is 17.2. The highest BCUT2D eigenvalue weighted by Crippen LogP contribution is 2.34. The van der Waals surface area contributed by atoms with Crippen molar-refractivity contribution in [2.45, 2.75) is 38.6 Å². The van der Waals surface area contributed by atoms with Crippen LogP contribution in [0.4, 0.5) is 5.69 Å². The molecule has 17 heavy (non-hydrogen) atoms. The molecule has 3 nitrogen and oxygen atoms in total. The molecule has 1 aromatic carbocycles. The van der Waals surface area contributed by atoms with E-state index in [9.17, 15) is 0 Å². The Labute approximate surface area is 102 Å². The lowest BCUT2D eigenvalue weighted by Gasteiger charge is -2.15. The Morgan fingerprint density at radius 3 is 3.18 bits per heavy atom. The molecule has 2 aromatic rings. The third-order valence-corrected chi connectivity index (χ3v) is 3.56. The molecule has 1 unspecified atom stereocenters. The van der Waals surface area contributed by atoms with E-state index in [1.54, 1.807) is 0 Å². The zero-order valence-electron chi connectivity index (χ0n) is 10.2. The summed E-state index contributed by atoms with van der Waals surface area (Å²) in [6.07, 6.45) is 7.42. The van der Waals surface area contributed by atoms with E-state index in [-0.39, 0.29) is 0 Å². The van der Waals surface area contributed by atoms with Crippen molar-refractivity contribution < 1.29 is 0 Å². The standard InChI is InChI=1S/C14H19N3/c1-10(2-3-11-4-5-11)16-13-6-7-14-12(8-13)9-15-17-14/h6-11,16H,2-5H2,1H3,(H,15,17). The summed E-state index contributed by atoms with van der Waals surface area (Å²) in [5.74, 6) is 1.02. The number of aromatic amines is 1. The minimum Gasteiger partial charge on any atom is -0.383 e. The molecule has 0 spiro atoms. The van der Waals surface area contributed by atoms with Gasteiger partial charge in [-0.3, -0.25) is 5.10 Å². The van der Waals surface area contributed by atoms with Crippen LogP contribution in [0.15, 0.2) is 24.4 Å². The molecule has 3 heteroatoms. The lowest BCUT2D eigenvalue weighted by atomic mass is 10.1. The van der Waals surface area contributed by atoms with E-state index in [0.29, 0.717) is 6.04 Å². The van der Waals surface area contributed by atoms with E-state index >= 15 is 0 Å². The lowest BCUT2D eigenvalue weighted by Crippen LogP contribution is -2.14. The van der Waals surface area contributed by atoms with Crippen molar-refractivity contribution in [1.29, 1.82) is 0 Å². The molecule has 0 amide bonds. The first-order valence-corrected chi connectivity index (χ1v) is 6.51. The maximum atomic E-state index is 4.04. The lowest BCUT2D eigenvalue weighted by molar-refractivity contribution is 0.610. The van der Waals surface area contributed by atoms with Crippen LogP contribution in [0.1, 0.15) is 32.6 Å². The molecule has 3 rings (SSSR count). The van der Waals surface area contributed by atoms with Crippen molar-refractivity contribution in [1.82, 2.24) is 10.2 Å². The maximum Gasteiger partial charge on any atom is 0.0651 e. The molecule has 0 radical (unpaired) electrons. The number of nitrogens with one attached hydrogen (secondary N) is 2. The highest BCUT2D eigenvalue weighted by Gasteiger charge is 2.21. The van der Waals surface area contributed by atoms with Gasteiger partial charge in [-0.15, -0.1) is 0 Å². The molecule has 1 aliphatic rings. The number of rotatable bonds is 5. The quantitative estimate of drug-likeness (QED) is 0.823. The van der Waals surface area contributed by atoms with Gasteiger partial charge in [0.15, 0.2) is 0 Å². The minimum atomic E-state index is 0.556. The number of benzene rings is 1. The largest absolute Gasteiger partial charge is 0.383 e. The molecule has 0 saturated heterocycles. The molecular weight excluding hydrogens is 210 g/mol. The zero-order chi connectivity index (χ0) is 11.7. The summed E-state index contributed by atoms with van der Waals surface area (Å²) < 4.78 is 0. The zero-order valence-corrected chi connectivity index (χ0v) is 10.2. The van der Waals surface area contributed by atoms with E-state index in [0.717, 1.165) is 11.4 Å². The van der Waals surface area contributed by atoms with E-state index in [4.69, 9.17) is 0 Å². The Kier molecular flexibility index (Phi) is 2.75. The van der Waals surface area contributed by atoms with E-state index in [1.807, 2.05) is 6.20 Å². The van der Waals surface area contributed by atoms with Crippen molar-refractivity contribution in [2.24, 2.45) is 5.92 Å². The van der Waals surface area contributed by atoms with Gasteiger partial charge >= 0.3 is 0 Å². The van der Waals surface area contributed by atoms with Crippen LogP contribution in [0, 0.1) is 5.92 Å². The van der Waals surface area contributed by atoms with Crippen LogP contribution in [0.25, 0.3) is 10.9 Å². The Balaban J connectivity index is 1.62. The van der Waals surface area contributed by atoms with Gasteiger partial charge in [-0.1, -0.05) is 12.8 Å². The molecular formula is C14H19N3. The SMILES string of the molecule is CC(CCC1CC1)Nc1ccc2[nH]ncc2c1. The van der Waals surface area contributed by atoms with Gasteiger partial charge in [0.25, 0.3) is 0 Å². The topological polar surface area (TPSA) is 40.7 Å². The molecule has 90 valence electrons. The molecule has 0 bridgehead atoms. The first-order chi connectivity index (χ1) is 8.31. The summed E-state index contributed by atoms with van der Waals surface area (Å²) in [6, 6.07) is 6.92. The fourth-order valence-electron chi connectivity index (χ4n) is 2.28. The third-order valence-electron chi connectivity index (χ3n) is 3.56. The second kappa shape index (κ2) is 4.40. The highest BCUT2D eigenvalue weighted by atomic mass is 15.1. The average Bonchev–Trinajstić information content (AvgIpc) is 3.04. The van der Waals surface area contributed by atoms with Crippen LogP contribution in [0.5, 0.6) is 0 Å². The molecule has 0 aliphatic heterocycles. The van der Waals surface area contributed by atoms with E-state index in [2.05, 4.69) is 40.6 Å². The van der Waals surface area contributed by atoms with Gasteiger partial charge in [-0.2, -0.15) is 5.10 Å². The van der Waals surface area contributed by atoms with Crippen LogP contribution < -0.4 is 5.32 Å². The van der Waals surface area contributed by atoms with Gasteiger partial charge in [0.1, 0.15) is 0 Å². The van der Waals surface area contributed by atoms with Crippen LogP contribution in [-0.4, -0.2) is 16.2 Å². The molecule has 1 aromatic heterocycles. The van der Waals surface area contributed by atoms with Gasteiger partial charge in [-0.25, -0.2) is 0 Å². The molecule has 1 saturated carbocycles. The minimum absolute atomic E-state index is 0.556. The first kappa shape index (κ1) is 10.6. The van der Waals surface area contributed by atoms with Gasteiger partial charge in [0.05, 0.1) is 11.7 Å². The third kappa shape index (κ3) is 2.60. The Morgan fingerprint density at radius 1 is 1.47 bits per heavy atom.